The molecule has 0 fully saturated rings. The zero-order chi connectivity index (χ0) is 20.0. The minimum absolute atomic E-state index is 0.143. The summed E-state index contributed by atoms with van der Waals surface area (Å²) in [4.78, 5) is 25.0. The second-order valence-electron chi connectivity index (χ2n) is 6.97. The molecule has 2 rings (SSSR count). The van der Waals surface area contributed by atoms with Crippen LogP contribution in [0.25, 0.3) is 5.76 Å². The Bertz CT molecular complexity index is 825. The Labute approximate surface area is 159 Å². The number of ketones is 1. The molecule has 2 aromatic rings. The average Bonchev–Trinajstić information content (AvgIpc) is 2.66. The van der Waals surface area contributed by atoms with Crippen molar-refractivity contribution in [3.63, 3.8) is 0 Å². The molecule has 0 aliphatic rings. The van der Waals surface area contributed by atoms with E-state index in [0.29, 0.717) is 22.6 Å². The Balaban J connectivity index is 2.34. The van der Waals surface area contributed by atoms with Crippen LogP contribution in [0.1, 0.15) is 36.7 Å². The van der Waals surface area contributed by atoms with Crippen LogP contribution < -0.4 is 9.47 Å². The van der Waals surface area contributed by atoms with Gasteiger partial charge in [0.05, 0.1) is 19.8 Å². The second kappa shape index (κ2) is 8.54. The molecule has 0 saturated heterocycles. The van der Waals surface area contributed by atoms with Crippen molar-refractivity contribution >= 4 is 17.5 Å². The van der Waals surface area contributed by atoms with Crippen LogP contribution in [0.5, 0.6) is 11.5 Å². The fourth-order valence-electron chi connectivity index (χ4n) is 2.15. The lowest BCUT2D eigenvalue weighted by molar-refractivity contribution is -0.121. The number of hydrogen-bond donors (Lipinski definition) is 0. The molecule has 0 aromatic heterocycles. The highest BCUT2D eigenvalue weighted by atomic mass is 16.5. The smallest absolute Gasteiger partial charge is 0.343 e. The number of rotatable bonds is 6. The SMILES string of the molecule is COc1ccc(C(=O)O/C(=C/C(=O)C(C)(C)C)c2ccc(OC)cc2)cc1. The Kier molecular flexibility index (Phi) is 6.40. The van der Waals surface area contributed by atoms with Crippen LogP contribution in [0.2, 0.25) is 0 Å². The van der Waals surface area contributed by atoms with Gasteiger partial charge in [0.2, 0.25) is 0 Å². The van der Waals surface area contributed by atoms with Gasteiger partial charge in [0.25, 0.3) is 0 Å². The number of carbonyl (C=O) groups is 2. The molecule has 5 nitrogen and oxygen atoms in total. The van der Waals surface area contributed by atoms with Crippen LogP contribution in [0.4, 0.5) is 0 Å². The first-order valence-electron chi connectivity index (χ1n) is 8.51. The van der Waals surface area contributed by atoms with Crippen LogP contribution >= 0.6 is 0 Å². The van der Waals surface area contributed by atoms with Gasteiger partial charge in [0.15, 0.2) is 5.78 Å². The summed E-state index contributed by atoms with van der Waals surface area (Å²) < 4.78 is 15.8. The molecule has 0 atom stereocenters. The van der Waals surface area contributed by atoms with E-state index in [1.165, 1.54) is 6.08 Å². The Hall–Kier alpha value is -3.08. The standard InChI is InChI=1S/C22H24O5/c1-22(2,3)20(23)14-19(15-6-10-17(25-4)11-7-15)27-21(24)16-8-12-18(26-5)13-9-16/h6-14H,1-5H3/b19-14+. The molecule has 5 heteroatoms. The van der Waals surface area contributed by atoms with Crippen molar-refractivity contribution in [1.29, 1.82) is 0 Å². The topological polar surface area (TPSA) is 61.8 Å². The first-order valence-corrected chi connectivity index (χ1v) is 8.51. The number of esters is 1. The van der Waals surface area contributed by atoms with E-state index in [4.69, 9.17) is 14.2 Å². The first-order chi connectivity index (χ1) is 12.7. The van der Waals surface area contributed by atoms with Crippen LogP contribution in [0, 0.1) is 5.41 Å². The van der Waals surface area contributed by atoms with Gasteiger partial charge >= 0.3 is 5.97 Å². The van der Waals surface area contributed by atoms with Gasteiger partial charge < -0.3 is 14.2 Å². The third-order valence-electron chi connectivity index (χ3n) is 3.90. The zero-order valence-corrected chi connectivity index (χ0v) is 16.2. The molecule has 0 aliphatic carbocycles. The molecule has 0 bridgehead atoms. The predicted octanol–water partition coefficient (Wildman–Crippen LogP) is 4.52. The number of ether oxygens (including phenoxy) is 3. The summed E-state index contributed by atoms with van der Waals surface area (Å²) in [6.07, 6.45) is 1.36. The highest BCUT2D eigenvalue weighted by molar-refractivity contribution is 6.01. The minimum atomic E-state index is -0.593. The fourth-order valence-corrected chi connectivity index (χ4v) is 2.15. The third kappa shape index (κ3) is 5.45. The maximum Gasteiger partial charge on any atom is 0.343 e. The molecule has 0 radical (unpaired) electrons. The van der Waals surface area contributed by atoms with Gasteiger partial charge in [-0.1, -0.05) is 20.8 Å². The van der Waals surface area contributed by atoms with Crippen molar-refractivity contribution in [1.82, 2.24) is 0 Å². The van der Waals surface area contributed by atoms with Gasteiger partial charge in [-0.3, -0.25) is 4.79 Å². The molecule has 0 saturated carbocycles. The summed E-state index contributed by atoms with van der Waals surface area (Å²) in [7, 11) is 3.12. The van der Waals surface area contributed by atoms with Gasteiger partial charge in [-0.25, -0.2) is 4.79 Å². The van der Waals surface area contributed by atoms with E-state index in [-0.39, 0.29) is 11.5 Å². The lowest BCUT2D eigenvalue weighted by Gasteiger charge is -2.16. The van der Waals surface area contributed by atoms with Crippen LogP contribution in [0.15, 0.2) is 54.6 Å². The van der Waals surface area contributed by atoms with E-state index in [9.17, 15) is 9.59 Å². The fraction of sp³-hybridized carbons (Fsp3) is 0.273. The average molecular weight is 368 g/mol. The van der Waals surface area contributed by atoms with Crippen molar-refractivity contribution in [3.05, 3.63) is 65.7 Å². The van der Waals surface area contributed by atoms with E-state index in [1.807, 2.05) is 20.8 Å². The van der Waals surface area contributed by atoms with Crippen LogP contribution in [0.3, 0.4) is 0 Å². The molecule has 0 unspecified atom stereocenters. The normalized spacial score (nSPS) is 11.7. The van der Waals surface area contributed by atoms with Gasteiger partial charge in [0.1, 0.15) is 17.3 Å². The molecule has 0 N–H and O–H groups in total. The van der Waals surface area contributed by atoms with Gasteiger partial charge in [0, 0.05) is 17.1 Å². The summed E-state index contributed by atoms with van der Waals surface area (Å²) >= 11 is 0. The summed E-state index contributed by atoms with van der Waals surface area (Å²) in [6, 6.07) is 13.5. The van der Waals surface area contributed by atoms with Crippen molar-refractivity contribution in [2.45, 2.75) is 20.8 Å². The largest absolute Gasteiger partial charge is 0.497 e. The Morgan fingerprint density at radius 3 is 1.63 bits per heavy atom. The first kappa shape index (κ1) is 20.2. The Morgan fingerprint density at radius 2 is 1.22 bits per heavy atom. The van der Waals surface area contributed by atoms with E-state index in [0.717, 1.165) is 0 Å². The summed E-state index contributed by atoms with van der Waals surface area (Å²) in [6.45, 7) is 5.42. The highest BCUT2D eigenvalue weighted by Gasteiger charge is 2.22. The zero-order valence-electron chi connectivity index (χ0n) is 16.2. The molecule has 142 valence electrons. The molecule has 0 aliphatic heterocycles. The van der Waals surface area contributed by atoms with E-state index in [2.05, 4.69) is 0 Å². The quantitative estimate of drug-likeness (QED) is 0.426. The summed E-state index contributed by atoms with van der Waals surface area (Å²) in [5, 5.41) is 0. The lowest BCUT2D eigenvalue weighted by atomic mass is 9.90. The number of allylic oxidation sites excluding steroid dienone is 1. The molecule has 0 amide bonds. The Morgan fingerprint density at radius 1 is 0.778 bits per heavy atom. The summed E-state index contributed by atoms with van der Waals surface area (Å²) in [5.41, 5.74) is 0.373. The maximum absolute atomic E-state index is 12.5. The molecular weight excluding hydrogens is 344 g/mol. The number of methoxy groups -OCH3 is 2. The van der Waals surface area contributed by atoms with Crippen molar-refractivity contribution in [2.75, 3.05) is 14.2 Å². The van der Waals surface area contributed by atoms with Gasteiger partial charge in [-0.05, 0) is 48.5 Å². The van der Waals surface area contributed by atoms with E-state index >= 15 is 0 Å². The van der Waals surface area contributed by atoms with Gasteiger partial charge in [-0.2, -0.15) is 0 Å². The number of hydrogen-bond acceptors (Lipinski definition) is 5. The minimum Gasteiger partial charge on any atom is -0.497 e. The molecule has 2 aromatic carbocycles. The lowest BCUT2D eigenvalue weighted by Crippen LogP contribution is -2.18. The molecule has 0 heterocycles. The maximum atomic E-state index is 12.5. The van der Waals surface area contributed by atoms with Gasteiger partial charge in [-0.15, -0.1) is 0 Å². The summed E-state index contributed by atoms with van der Waals surface area (Å²) in [5.74, 6) is 0.804. The third-order valence-corrected chi connectivity index (χ3v) is 3.90. The molecular formula is C22H24O5. The molecule has 27 heavy (non-hydrogen) atoms. The van der Waals surface area contributed by atoms with Crippen molar-refractivity contribution < 1.29 is 23.8 Å². The van der Waals surface area contributed by atoms with Crippen molar-refractivity contribution in [3.8, 4) is 11.5 Å². The van der Waals surface area contributed by atoms with Crippen LogP contribution in [-0.2, 0) is 9.53 Å². The molecule has 0 spiro atoms. The monoisotopic (exact) mass is 368 g/mol. The number of carbonyl (C=O) groups excluding carboxylic acids is 2. The highest BCUT2D eigenvalue weighted by Crippen LogP contribution is 2.25. The predicted molar refractivity (Wildman–Crippen MR) is 104 cm³/mol. The number of benzene rings is 2. The van der Waals surface area contributed by atoms with E-state index in [1.54, 1.807) is 62.8 Å². The van der Waals surface area contributed by atoms with E-state index < -0.39 is 11.4 Å². The van der Waals surface area contributed by atoms with Crippen molar-refractivity contribution in [2.24, 2.45) is 5.41 Å². The van der Waals surface area contributed by atoms with Crippen LogP contribution in [-0.4, -0.2) is 26.0 Å². The second-order valence-corrected chi connectivity index (χ2v) is 6.97.